The molecular formula is C24H33N3O4S. The van der Waals surface area contributed by atoms with Crippen molar-refractivity contribution >= 4 is 21.8 Å². The van der Waals surface area contributed by atoms with Crippen LogP contribution in [0.3, 0.4) is 0 Å². The van der Waals surface area contributed by atoms with Crippen LogP contribution in [-0.2, 0) is 26.2 Å². The molecule has 1 N–H and O–H groups in total. The minimum Gasteiger partial charge on any atom is -0.354 e. The molecular weight excluding hydrogens is 426 g/mol. The molecule has 1 unspecified atom stereocenters. The molecule has 32 heavy (non-hydrogen) atoms. The van der Waals surface area contributed by atoms with Crippen molar-refractivity contribution in [1.29, 1.82) is 0 Å². The van der Waals surface area contributed by atoms with Crippen molar-refractivity contribution in [3.8, 4) is 0 Å². The molecule has 0 aliphatic carbocycles. The highest BCUT2D eigenvalue weighted by molar-refractivity contribution is 7.89. The zero-order valence-corrected chi connectivity index (χ0v) is 20.3. The van der Waals surface area contributed by atoms with E-state index in [-0.39, 0.29) is 23.9 Å². The van der Waals surface area contributed by atoms with E-state index in [9.17, 15) is 18.0 Å². The Bertz CT molecular complexity index is 1040. The molecule has 0 saturated carbocycles. The summed E-state index contributed by atoms with van der Waals surface area (Å²) in [5, 5.41) is 2.81. The van der Waals surface area contributed by atoms with Gasteiger partial charge >= 0.3 is 0 Å². The summed E-state index contributed by atoms with van der Waals surface area (Å²) in [6, 6.07) is 13.4. The lowest BCUT2D eigenvalue weighted by atomic mass is 10.1. The molecule has 174 valence electrons. The van der Waals surface area contributed by atoms with Crippen LogP contribution in [0.1, 0.15) is 37.0 Å². The molecule has 7 nitrogen and oxygen atoms in total. The second-order valence-corrected chi connectivity index (χ2v) is 10.1. The van der Waals surface area contributed by atoms with Crippen molar-refractivity contribution < 1.29 is 18.0 Å². The topological polar surface area (TPSA) is 86.8 Å². The van der Waals surface area contributed by atoms with E-state index in [4.69, 9.17) is 0 Å². The standard InChI is InChI=1S/C24H33N3O4S/c1-6-14-25-24(29)20(4)27(16-21-9-7-8-19(3)15-21)23(28)17-26(5)32(30,31)22-12-10-18(2)11-13-22/h7-13,15,20H,6,14,16-17H2,1-5H3,(H,25,29). The van der Waals surface area contributed by atoms with E-state index >= 15 is 0 Å². The monoisotopic (exact) mass is 459 g/mol. The third-order valence-corrected chi connectivity index (χ3v) is 7.06. The summed E-state index contributed by atoms with van der Waals surface area (Å²) in [6.07, 6.45) is 0.780. The van der Waals surface area contributed by atoms with Crippen LogP contribution in [0.5, 0.6) is 0 Å². The van der Waals surface area contributed by atoms with Crippen LogP contribution in [0.4, 0.5) is 0 Å². The number of aryl methyl sites for hydroxylation is 2. The summed E-state index contributed by atoms with van der Waals surface area (Å²) < 4.78 is 26.9. The number of nitrogens with zero attached hydrogens (tertiary/aromatic N) is 2. The maximum absolute atomic E-state index is 13.2. The van der Waals surface area contributed by atoms with Crippen molar-refractivity contribution in [3.63, 3.8) is 0 Å². The van der Waals surface area contributed by atoms with Crippen molar-refractivity contribution in [2.75, 3.05) is 20.1 Å². The predicted molar refractivity (Wildman–Crippen MR) is 125 cm³/mol. The maximum atomic E-state index is 13.2. The number of benzene rings is 2. The summed E-state index contributed by atoms with van der Waals surface area (Å²) in [4.78, 5) is 27.4. The molecule has 0 aliphatic heterocycles. The largest absolute Gasteiger partial charge is 0.354 e. The van der Waals surface area contributed by atoms with Gasteiger partial charge in [0.2, 0.25) is 21.8 Å². The molecule has 0 aliphatic rings. The van der Waals surface area contributed by atoms with Gasteiger partial charge in [-0.3, -0.25) is 9.59 Å². The van der Waals surface area contributed by atoms with E-state index < -0.39 is 22.0 Å². The molecule has 0 bridgehead atoms. The zero-order valence-electron chi connectivity index (χ0n) is 19.5. The molecule has 0 radical (unpaired) electrons. The Morgan fingerprint density at radius 2 is 1.69 bits per heavy atom. The number of carbonyl (C=O) groups excluding carboxylic acids is 2. The van der Waals surface area contributed by atoms with Crippen molar-refractivity contribution in [1.82, 2.24) is 14.5 Å². The first-order chi connectivity index (χ1) is 15.1. The van der Waals surface area contributed by atoms with Crippen LogP contribution in [0.2, 0.25) is 0 Å². The number of sulfonamides is 1. The molecule has 0 fully saturated rings. The maximum Gasteiger partial charge on any atom is 0.243 e. The molecule has 2 rings (SSSR count). The molecule has 2 amide bonds. The second kappa shape index (κ2) is 11.2. The van der Waals surface area contributed by atoms with Gasteiger partial charge in [-0.15, -0.1) is 0 Å². The normalized spacial score (nSPS) is 12.4. The highest BCUT2D eigenvalue weighted by atomic mass is 32.2. The van der Waals surface area contributed by atoms with Gasteiger partial charge in [0.05, 0.1) is 11.4 Å². The van der Waals surface area contributed by atoms with Gasteiger partial charge in [0, 0.05) is 20.1 Å². The van der Waals surface area contributed by atoms with E-state index in [0.29, 0.717) is 6.54 Å². The predicted octanol–water partition coefficient (Wildman–Crippen LogP) is 2.87. The smallest absolute Gasteiger partial charge is 0.243 e. The van der Waals surface area contributed by atoms with E-state index in [2.05, 4.69) is 5.32 Å². The third kappa shape index (κ3) is 6.64. The average molecular weight is 460 g/mol. The van der Waals surface area contributed by atoms with Gasteiger partial charge in [0.1, 0.15) is 6.04 Å². The molecule has 0 heterocycles. The molecule has 1 atom stereocenters. The van der Waals surface area contributed by atoms with Crippen LogP contribution in [-0.4, -0.2) is 55.6 Å². The summed E-state index contributed by atoms with van der Waals surface area (Å²) >= 11 is 0. The first kappa shape index (κ1) is 25.5. The SMILES string of the molecule is CCCNC(=O)C(C)N(Cc1cccc(C)c1)C(=O)CN(C)S(=O)(=O)c1ccc(C)cc1. The zero-order chi connectivity index (χ0) is 23.9. The van der Waals surface area contributed by atoms with Gasteiger partial charge in [0.25, 0.3) is 0 Å². The van der Waals surface area contributed by atoms with E-state index in [0.717, 1.165) is 27.4 Å². The van der Waals surface area contributed by atoms with Crippen molar-refractivity contribution in [2.24, 2.45) is 0 Å². The number of carbonyl (C=O) groups is 2. The Labute approximate surface area is 191 Å². The fraction of sp³-hybridized carbons (Fsp3) is 0.417. The quantitative estimate of drug-likeness (QED) is 0.592. The summed E-state index contributed by atoms with van der Waals surface area (Å²) in [5.74, 6) is -0.708. The fourth-order valence-electron chi connectivity index (χ4n) is 3.24. The highest BCUT2D eigenvalue weighted by Crippen LogP contribution is 2.17. The number of amides is 2. The summed E-state index contributed by atoms with van der Waals surface area (Å²) in [6.45, 7) is 7.79. The molecule has 0 spiro atoms. The van der Waals surface area contributed by atoms with Crippen LogP contribution in [0.25, 0.3) is 0 Å². The molecule has 2 aromatic carbocycles. The van der Waals surface area contributed by atoms with Gasteiger partial charge in [-0.05, 0) is 44.9 Å². The number of likely N-dealkylation sites (N-methyl/N-ethyl adjacent to an activating group) is 1. The Morgan fingerprint density at radius 1 is 1.03 bits per heavy atom. The lowest BCUT2D eigenvalue weighted by molar-refractivity contribution is -0.140. The van der Waals surface area contributed by atoms with Crippen LogP contribution < -0.4 is 5.32 Å². The number of hydrogen-bond acceptors (Lipinski definition) is 4. The third-order valence-electron chi connectivity index (χ3n) is 5.24. The summed E-state index contributed by atoms with van der Waals surface area (Å²) in [7, 11) is -2.46. The van der Waals surface area contributed by atoms with Gasteiger partial charge in [0.15, 0.2) is 0 Å². The van der Waals surface area contributed by atoms with Crippen LogP contribution >= 0.6 is 0 Å². The van der Waals surface area contributed by atoms with E-state index in [1.54, 1.807) is 19.1 Å². The fourth-order valence-corrected chi connectivity index (χ4v) is 4.36. The Kier molecular flexibility index (Phi) is 8.98. The number of hydrogen-bond donors (Lipinski definition) is 1. The van der Waals surface area contributed by atoms with E-state index in [1.807, 2.05) is 45.0 Å². The first-order valence-electron chi connectivity index (χ1n) is 10.7. The Morgan fingerprint density at radius 3 is 2.28 bits per heavy atom. The molecule has 2 aromatic rings. The lowest BCUT2D eigenvalue weighted by Crippen LogP contribution is -2.50. The van der Waals surface area contributed by atoms with Crippen molar-refractivity contribution in [2.45, 2.75) is 51.6 Å². The van der Waals surface area contributed by atoms with Gasteiger partial charge < -0.3 is 10.2 Å². The average Bonchev–Trinajstić information content (AvgIpc) is 2.75. The molecule has 0 aromatic heterocycles. The minimum absolute atomic E-state index is 0.123. The lowest BCUT2D eigenvalue weighted by Gasteiger charge is -2.30. The van der Waals surface area contributed by atoms with Crippen molar-refractivity contribution in [3.05, 3.63) is 65.2 Å². The number of rotatable bonds is 10. The highest BCUT2D eigenvalue weighted by Gasteiger charge is 2.30. The first-order valence-corrected chi connectivity index (χ1v) is 12.2. The van der Waals surface area contributed by atoms with E-state index in [1.165, 1.54) is 24.1 Å². The summed E-state index contributed by atoms with van der Waals surface area (Å²) in [5.41, 5.74) is 2.86. The molecule has 8 heteroatoms. The second-order valence-electron chi connectivity index (χ2n) is 8.05. The Balaban J connectivity index is 2.25. The minimum atomic E-state index is -3.84. The van der Waals surface area contributed by atoms with Crippen LogP contribution in [0.15, 0.2) is 53.4 Å². The van der Waals surface area contributed by atoms with Gasteiger partial charge in [-0.2, -0.15) is 4.31 Å². The molecule has 0 saturated heterocycles. The Hall–Kier alpha value is -2.71. The number of nitrogens with one attached hydrogen (secondary N) is 1. The van der Waals surface area contributed by atoms with Gasteiger partial charge in [-0.25, -0.2) is 8.42 Å². The van der Waals surface area contributed by atoms with Gasteiger partial charge in [-0.1, -0.05) is 54.4 Å². The van der Waals surface area contributed by atoms with Crippen LogP contribution in [0, 0.1) is 13.8 Å².